The van der Waals surface area contributed by atoms with Crippen LogP contribution in [0.5, 0.6) is 0 Å². The monoisotopic (exact) mass is 259 g/mol. The zero-order chi connectivity index (χ0) is 13.4. The first-order valence-electron chi connectivity index (χ1n) is 7.54. The number of nitrogens with one attached hydrogen (secondary N) is 1. The fourth-order valence-corrected chi connectivity index (χ4v) is 2.67. The van der Waals surface area contributed by atoms with Crippen LogP contribution < -0.4 is 10.2 Å². The molecule has 3 heteroatoms. The maximum atomic E-state index is 4.68. The van der Waals surface area contributed by atoms with Crippen molar-refractivity contribution in [3.05, 3.63) is 23.4 Å². The van der Waals surface area contributed by atoms with Crippen molar-refractivity contribution in [3.8, 4) is 0 Å². The van der Waals surface area contributed by atoms with Crippen LogP contribution in [-0.4, -0.2) is 24.6 Å². The summed E-state index contributed by atoms with van der Waals surface area (Å²) in [6.45, 7) is 6.56. The lowest BCUT2D eigenvalue weighted by atomic mass is 10.2. The van der Waals surface area contributed by atoms with E-state index in [1.54, 1.807) is 0 Å². The van der Waals surface area contributed by atoms with E-state index >= 15 is 0 Å². The Kier molecular flexibility index (Phi) is 3.48. The molecular formula is C16H25N3. The molecule has 2 saturated carbocycles. The van der Waals surface area contributed by atoms with E-state index in [9.17, 15) is 0 Å². The fourth-order valence-electron chi connectivity index (χ4n) is 2.67. The number of nitrogens with zero attached hydrogens (tertiary/aromatic N) is 2. The Bertz CT molecular complexity index is 453. The van der Waals surface area contributed by atoms with E-state index < -0.39 is 0 Å². The quantitative estimate of drug-likeness (QED) is 0.851. The molecule has 0 radical (unpaired) electrons. The molecule has 0 aromatic carbocycles. The minimum absolute atomic E-state index is 0.766. The summed E-state index contributed by atoms with van der Waals surface area (Å²) >= 11 is 0. The van der Waals surface area contributed by atoms with Crippen molar-refractivity contribution in [2.75, 3.05) is 18.5 Å². The van der Waals surface area contributed by atoms with Gasteiger partial charge in [-0.2, -0.15) is 0 Å². The molecule has 1 aromatic rings. The van der Waals surface area contributed by atoms with Gasteiger partial charge in [0.05, 0.1) is 0 Å². The molecule has 2 aliphatic rings. The predicted octanol–water partition coefficient (Wildman–Crippen LogP) is 2.73. The highest BCUT2D eigenvalue weighted by Crippen LogP contribution is 2.38. The van der Waals surface area contributed by atoms with Crippen molar-refractivity contribution in [1.82, 2.24) is 10.3 Å². The summed E-state index contributed by atoms with van der Waals surface area (Å²) < 4.78 is 0. The molecule has 0 bridgehead atoms. The second-order valence-corrected chi connectivity index (χ2v) is 6.48. The molecule has 104 valence electrons. The Morgan fingerprint density at radius 2 is 2.11 bits per heavy atom. The lowest BCUT2D eigenvalue weighted by molar-refractivity contribution is 0.684. The van der Waals surface area contributed by atoms with Crippen molar-refractivity contribution in [2.24, 2.45) is 11.8 Å². The van der Waals surface area contributed by atoms with Gasteiger partial charge < -0.3 is 10.2 Å². The first kappa shape index (κ1) is 12.9. The van der Waals surface area contributed by atoms with Crippen LogP contribution >= 0.6 is 0 Å². The Balaban J connectivity index is 1.64. The predicted molar refractivity (Wildman–Crippen MR) is 79.4 cm³/mol. The van der Waals surface area contributed by atoms with Gasteiger partial charge in [0.1, 0.15) is 5.82 Å². The number of aryl methyl sites for hydroxylation is 1. The maximum Gasteiger partial charge on any atom is 0.128 e. The maximum absolute atomic E-state index is 4.68. The first-order valence-corrected chi connectivity index (χ1v) is 7.54. The molecule has 2 unspecified atom stereocenters. The smallest absolute Gasteiger partial charge is 0.128 e. The van der Waals surface area contributed by atoms with Crippen LogP contribution in [0, 0.1) is 18.8 Å². The Morgan fingerprint density at radius 3 is 2.74 bits per heavy atom. The van der Waals surface area contributed by atoms with Gasteiger partial charge in [0, 0.05) is 31.9 Å². The van der Waals surface area contributed by atoms with E-state index in [1.165, 1.54) is 24.8 Å². The number of anilines is 1. The van der Waals surface area contributed by atoms with E-state index in [-0.39, 0.29) is 0 Å². The van der Waals surface area contributed by atoms with E-state index in [1.807, 2.05) is 0 Å². The lowest BCUT2D eigenvalue weighted by Gasteiger charge is -2.19. The number of aromatic nitrogens is 1. The zero-order valence-corrected chi connectivity index (χ0v) is 12.3. The van der Waals surface area contributed by atoms with Crippen molar-refractivity contribution in [1.29, 1.82) is 0 Å². The van der Waals surface area contributed by atoms with Crippen LogP contribution in [0.3, 0.4) is 0 Å². The van der Waals surface area contributed by atoms with Gasteiger partial charge in [-0.1, -0.05) is 6.92 Å². The molecular weight excluding hydrogens is 234 g/mol. The van der Waals surface area contributed by atoms with Crippen LogP contribution in [0.4, 0.5) is 5.82 Å². The Hall–Kier alpha value is -1.09. The average Bonchev–Trinajstić information content (AvgIpc) is 3.26. The van der Waals surface area contributed by atoms with Crippen LogP contribution in [0.25, 0.3) is 0 Å². The highest BCUT2D eigenvalue weighted by Gasteiger charge is 2.33. The van der Waals surface area contributed by atoms with E-state index in [4.69, 9.17) is 0 Å². The summed E-state index contributed by atoms with van der Waals surface area (Å²) in [5.41, 5.74) is 2.49. The summed E-state index contributed by atoms with van der Waals surface area (Å²) in [7, 11) is 2.17. The van der Waals surface area contributed by atoms with Gasteiger partial charge in [-0.05, 0) is 55.7 Å². The van der Waals surface area contributed by atoms with Crippen molar-refractivity contribution >= 4 is 5.82 Å². The minimum atomic E-state index is 0.766. The van der Waals surface area contributed by atoms with Gasteiger partial charge in [0.15, 0.2) is 0 Å². The van der Waals surface area contributed by atoms with Gasteiger partial charge in [-0.3, -0.25) is 0 Å². The number of hydrogen-bond acceptors (Lipinski definition) is 3. The van der Waals surface area contributed by atoms with Crippen LogP contribution in [0.15, 0.2) is 12.1 Å². The molecule has 2 atom stereocenters. The second kappa shape index (κ2) is 5.12. The molecule has 3 nitrogen and oxygen atoms in total. The Morgan fingerprint density at radius 1 is 1.37 bits per heavy atom. The van der Waals surface area contributed by atoms with Crippen molar-refractivity contribution < 1.29 is 0 Å². The van der Waals surface area contributed by atoms with Gasteiger partial charge in [0.25, 0.3) is 0 Å². The average molecular weight is 259 g/mol. The second-order valence-electron chi connectivity index (χ2n) is 6.48. The fraction of sp³-hybridized carbons (Fsp3) is 0.688. The SMILES string of the molecule is Cc1cc(CNC2CC2)cc(N(C)CC2CC2C)n1. The molecule has 0 saturated heterocycles. The van der Waals surface area contributed by atoms with Crippen LogP contribution in [0.1, 0.15) is 37.4 Å². The van der Waals surface area contributed by atoms with Crippen LogP contribution in [0.2, 0.25) is 0 Å². The number of pyridine rings is 1. The third-order valence-electron chi connectivity index (χ3n) is 4.35. The Labute approximate surface area is 116 Å². The molecule has 0 spiro atoms. The minimum Gasteiger partial charge on any atom is -0.359 e. The highest BCUT2D eigenvalue weighted by molar-refractivity contribution is 5.42. The summed E-state index contributed by atoms with van der Waals surface area (Å²) in [6.07, 6.45) is 4.07. The lowest BCUT2D eigenvalue weighted by Crippen LogP contribution is -2.22. The summed E-state index contributed by atoms with van der Waals surface area (Å²) in [5, 5.41) is 3.58. The van der Waals surface area contributed by atoms with Gasteiger partial charge in [-0.25, -0.2) is 4.98 Å². The molecule has 1 N–H and O–H groups in total. The van der Waals surface area contributed by atoms with E-state index in [0.717, 1.165) is 42.5 Å². The molecule has 19 heavy (non-hydrogen) atoms. The molecule has 0 aliphatic heterocycles. The molecule has 1 heterocycles. The zero-order valence-electron chi connectivity index (χ0n) is 12.3. The standard InChI is InChI=1S/C16H25N3/c1-11-6-14(11)10-19(3)16-8-13(7-12(2)18-16)9-17-15-4-5-15/h7-8,11,14-15,17H,4-6,9-10H2,1-3H3. The molecule has 0 amide bonds. The van der Waals surface area contributed by atoms with Gasteiger partial charge in [-0.15, -0.1) is 0 Å². The topological polar surface area (TPSA) is 28.2 Å². The van der Waals surface area contributed by atoms with Gasteiger partial charge >= 0.3 is 0 Å². The normalized spacial score (nSPS) is 25.4. The summed E-state index contributed by atoms with van der Waals surface area (Å²) in [5.74, 6) is 2.91. The summed E-state index contributed by atoms with van der Waals surface area (Å²) in [6, 6.07) is 5.21. The first-order chi connectivity index (χ1) is 9.11. The van der Waals surface area contributed by atoms with Crippen molar-refractivity contribution in [2.45, 2.75) is 45.7 Å². The van der Waals surface area contributed by atoms with E-state index in [0.29, 0.717) is 0 Å². The molecule has 1 aromatic heterocycles. The molecule has 2 fully saturated rings. The van der Waals surface area contributed by atoms with Crippen LogP contribution in [-0.2, 0) is 6.54 Å². The molecule has 2 aliphatic carbocycles. The van der Waals surface area contributed by atoms with E-state index in [2.05, 4.69) is 48.2 Å². The van der Waals surface area contributed by atoms with Crippen molar-refractivity contribution in [3.63, 3.8) is 0 Å². The van der Waals surface area contributed by atoms with Gasteiger partial charge in [0.2, 0.25) is 0 Å². The number of rotatable bonds is 6. The number of hydrogen-bond donors (Lipinski definition) is 1. The highest BCUT2D eigenvalue weighted by atomic mass is 15.2. The third-order valence-corrected chi connectivity index (χ3v) is 4.35. The molecule has 3 rings (SSSR count). The third kappa shape index (κ3) is 3.47. The summed E-state index contributed by atoms with van der Waals surface area (Å²) in [4.78, 5) is 7.00. The largest absolute Gasteiger partial charge is 0.359 e.